The molecule has 1 N–H and O–H groups in total. The van der Waals surface area contributed by atoms with Crippen molar-refractivity contribution >= 4 is 40.4 Å². The summed E-state index contributed by atoms with van der Waals surface area (Å²) in [5.41, 5.74) is 2.08. The molecule has 0 aliphatic heterocycles. The number of aromatic nitrogens is 2. The van der Waals surface area contributed by atoms with Gasteiger partial charge in [0.15, 0.2) is 0 Å². The number of halogens is 3. The monoisotopic (exact) mass is 351 g/mol. The van der Waals surface area contributed by atoms with E-state index in [1.165, 1.54) is 18.2 Å². The molecule has 118 valence electrons. The van der Waals surface area contributed by atoms with Crippen molar-refractivity contribution in [3.8, 4) is 0 Å². The van der Waals surface area contributed by atoms with Gasteiger partial charge in [0.05, 0.1) is 15.7 Å². The molecule has 3 rings (SSSR count). The lowest BCUT2D eigenvalue weighted by Crippen LogP contribution is -2.16. The molecule has 2 heterocycles. The number of nitrogens with one attached hydrogen (secondary N) is 1. The number of carbonyl (C=O) groups excluding carboxylic acids is 1. The summed E-state index contributed by atoms with van der Waals surface area (Å²) >= 11 is 11.7. The molecular formula is C16H12Cl2FN3O. The number of hydrogen-bond acceptors (Lipinski definition) is 2. The molecule has 0 atom stereocenters. The zero-order valence-corrected chi connectivity index (χ0v) is 13.6. The van der Waals surface area contributed by atoms with Gasteiger partial charge in [-0.05, 0) is 36.8 Å². The van der Waals surface area contributed by atoms with Crippen molar-refractivity contribution in [2.75, 3.05) is 5.32 Å². The van der Waals surface area contributed by atoms with E-state index >= 15 is 0 Å². The van der Waals surface area contributed by atoms with Crippen molar-refractivity contribution < 1.29 is 9.18 Å². The molecule has 23 heavy (non-hydrogen) atoms. The van der Waals surface area contributed by atoms with Crippen LogP contribution in [0.2, 0.25) is 10.0 Å². The highest BCUT2D eigenvalue weighted by Gasteiger charge is 2.19. The molecule has 0 radical (unpaired) electrons. The SMILES string of the molecule is CCc1nc2ccc(Cl)cn2c1C(=O)Nc1ccc(F)c(Cl)c1. The van der Waals surface area contributed by atoms with Crippen molar-refractivity contribution in [2.24, 2.45) is 0 Å². The molecule has 0 bridgehead atoms. The first-order valence-electron chi connectivity index (χ1n) is 6.92. The van der Waals surface area contributed by atoms with Crippen LogP contribution in [0.25, 0.3) is 5.65 Å². The fraction of sp³-hybridized carbons (Fsp3) is 0.125. The van der Waals surface area contributed by atoms with E-state index in [2.05, 4.69) is 10.3 Å². The molecule has 3 aromatic rings. The first-order chi connectivity index (χ1) is 11.0. The highest BCUT2D eigenvalue weighted by molar-refractivity contribution is 6.31. The summed E-state index contributed by atoms with van der Waals surface area (Å²) in [5.74, 6) is -0.903. The number of fused-ring (bicyclic) bond motifs is 1. The van der Waals surface area contributed by atoms with Gasteiger partial charge in [-0.3, -0.25) is 9.20 Å². The van der Waals surface area contributed by atoms with Gasteiger partial charge < -0.3 is 5.32 Å². The van der Waals surface area contributed by atoms with Crippen LogP contribution in [0.1, 0.15) is 23.1 Å². The highest BCUT2D eigenvalue weighted by Crippen LogP contribution is 2.22. The summed E-state index contributed by atoms with van der Waals surface area (Å²) < 4.78 is 14.8. The van der Waals surface area contributed by atoms with Crippen molar-refractivity contribution in [3.63, 3.8) is 0 Å². The Balaban J connectivity index is 2.02. The summed E-state index contributed by atoms with van der Waals surface area (Å²) in [6.07, 6.45) is 2.22. The molecular weight excluding hydrogens is 340 g/mol. The number of pyridine rings is 1. The highest BCUT2D eigenvalue weighted by atomic mass is 35.5. The summed E-state index contributed by atoms with van der Waals surface area (Å²) in [7, 11) is 0. The second kappa shape index (κ2) is 6.18. The van der Waals surface area contributed by atoms with Gasteiger partial charge in [-0.15, -0.1) is 0 Å². The van der Waals surface area contributed by atoms with E-state index in [-0.39, 0.29) is 10.9 Å². The Kier molecular flexibility index (Phi) is 4.24. The Bertz CT molecular complexity index is 908. The van der Waals surface area contributed by atoms with Gasteiger partial charge in [0.25, 0.3) is 5.91 Å². The van der Waals surface area contributed by atoms with Gasteiger partial charge in [-0.25, -0.2) is 9.37 Å². The van der Waals surface area contributed by atoms with E-state index < -0.39 is 5.82 Å². The number of aryl methyl sites for hydroxylation is 1. The fourth-order valence-corrected chi connectivity index (χ4v) is 2.66. The number of rotatable bonds is 3. The third-order valence-electron chi connectivity index (χ3n) is 3.38. The molecule has 1 aromatic carbocycles. The van der Waals surface area contributed by atoms with Crippen LogP contribution < -0.4 is 5.32 Å². The Hall–Kier alpha value is -2.11. The van der Waals surface area contributed by atoms with Gasteiger partial charge >= 0.3 is 0 Å². The maximum Gasteiger partial charge on any atom is 0.274 e. The van der Waals surface area contributed by atoms with Gasteiger partial charge in [0.2, 0.25) is 0 Å². The van der Waals surface area contributed by atoms with Gasteiger partial charge in [-0.2, -0.15) is 0 Å². The van der Waals surface area contributed by atoms with Crippen molar-refractivity contribution in [1.29, 1.82) is 0 Å². The molecule has 0 saturated heterocycles. The molecule has 0 spiro atoms. The normalized spacial score (nSPS) is 11.0. The van der Waals surface area contributed by atoms with Crippen molar-refractivity contribution in [3.05, 3.63) is 63.8 Å². The lowest BCUT2D eigenvalue weighted by Gasteiger charge is -2.07. The molecule has 0 aliphatic carbocycles. The zero-order chi connectivity index (χ0) is 16.6. The van der Waals surface area contributed by atoms with Crippen LogP contribution in [0.3, 0.4) is 0 Å². The summed E-state index contributed by atoms with van der Waals surface area (Å²) in [5, 5.41) is 3.15. The number of carbonyl (C=O) groups is 1. The average Bonchev–Trinajstić information content (AvgIpc) is 2.88. The van der Waals surface area contributed by atoms with E-state index in [9.17, 15) is 9.18 Å². The molecule has 2 aromatic heterocycles. The first kappa shape index (κ1) is 15.8. The number of nitrogens with zero attached hydrogens (tertiary/aromatic N) is 2. The van der Waals surface area contributed by atoms with Crippen LogP contribution in [-0.4, -0.2) is 15.3 Å². The second-order valence-corrected chi connectivity index (χ2v) is 5.76. The van der Waals surface area contributed by atoms with E-state index in [1.54, 1.807) is 22.7 Å². The third-order valence-corrected chi connectivity index (χ3v) is 3.90. The molecule has 7 heteroatoms. The lowest BCUT2D eigenvalue weighted by molar-refractivity contribution is 0.102. The van der Waals surface area contributed by atoms with Crippen LogP contribution in [0.15, 0.2) is 36.5 Å². The molecule has 0 unspecified atom stereocenters. The Morgan fingerprint density at radius 2 is 2.09 bits per heavy atom. The minimum atomic E-state index is -0.541. The predicted molar refractivity (Wildman–Crippen MR) is 88.9 cm³/mol. The molecule has 0 fully saturated rings. The zero-order valence-electron chi connectivity index (χ0n) is 12.1. The summed E-state index contributed by atoms with van der Waals surface area (Å²) in [6, 6.07) is 7.46. The standard InChI is InChI=1S/C16H12Cl2FN3O/c1-2-13-15(22-8-9(17)3-6-14(22)21-13)16(23)20-10-4-5-12(19)11(18)7-10/h3-8H,2H2,1H3,(H,20,23). The van der Waals surface area contributed by atoms with E-state index in [4.69, 9.17) is 23.2 Å². The van der Waals surface area contributed by atoms with E-state index in [1.807, 2.05) is 6.92 Å². The largest absolute Gasteiger partial charge is 0.321 e. The average molecular weight is 352 g/mol. The molecule has 0 aliphatic rings. The molecule has 0 saturated carbocycles. The lowest BCUT2D eigenvalue weighted by atomic mass is 10.2. The number of amides is 1. The van der Waals surface area contributed by atoms with Crippen LogP contribution in [0.5, 0.6) is 0 Å². The Morgan fingerprint density at radius 1 is 1.30 bits per heavy atom. The topological polar surface area (TPSA) is 46.4 Å². The summed E-state index contributed by atoms with van der Waals surface area (Å²) in [4.78, 5) is 17.0. The van der Waals surface area contributed by atoms with Crippen LogP contribution in [0.4, 0.5) is 10.1 Å². The first-order valence-corrected chi connectivity index (χ1v) is 7.68. The van der Waals surface area contributed by atoms with E-state index in [0.717, 1.165) is 0 Å². The van der Waals surface area contributed by atoms with Crippen LogP contribution in [0, 0.1) is 5.82 Å². The van der Waals surface area contributed by atoms with E-state index in [0.29, 0.717) is 34.2 Å². The summed E-state index contributed by atoms with van der Waals surface area (Å²) in [6.45, 7) is 1.91. The van der Waals surface area contributed by atoms with Gasteiger partial charge in [0.1, 0.15) is 17.2 Å². The Morgan fingerprint density at radius 3 is 2.78 bits per heavy atom. The third kappa shape index (κ3) is 3.02. The van der Waals surface area contributed by atoms with Gasteiger partial charge in [0, 0.05) is 11.9 Å². The smallest absolute Gasteiger partial charge is 0.274 e. The second-order valence-electron chi connectivity index (χ2n) is 4.92. The van der Waals surface area contributed by atoms with Gasteiger partial charge in [-0.1, -0.05) is 30.1 Å². The van der Waals surface area contributed by atoms with Crippen molar-refractivity contribution in [2.45, 2.75) is 13.3 Å². The number of imidazole rings is 1. The quantitative estimate of drug-likeness (QED) is 0.749. The van der Waals surface area contributed by atoms with Crippen molar-refractivity contribution in [1.82, 2.24) is 9.38 Å². The number of benzene rings is 1. The Labute approximate surface area is 141 Å². The fourth-order valence-electron chi connectivity index (χ4n) is 2.32. The maximum atomic E-state index is 13.2. The van der Waals surface area contributed by atoms with Crippen LogP contribution in [-0.2, 0) is 6.42 Å². The molecule has 4 nitrogen and oxygen atoms in total. The minimum absolute atomic E-state index is 0.0558. The number of anilines is 1. The number of hydrogen-bond donors (Lipinski definition) is 1. The predicted octanol–water partition coefficient (Wildman–Crippen LogP) is 4.59. The minimum Gasteiger partial charge on any atom is -0.321 e. The van der Waals surface area contributed by atoms with Crippen LogP contribution >= 0.6 is 23.2 Å². The maximum absolute atomic E-state index is 13.2. The molecule has 1 amide bonds.